The van der Waals surface area contributed by atoms with Crippen molar-refractivity contribution in [2.45, 2.75) is 44.7 Å². The molecule has 0 bridgehead atoms. The van der Waals surface area contributed by atoms with Crippen molar-refractivity contribution in [3.63, 3.8) is 0 Å². The lowest BCUT2D eigenvalue weighted by Gasteiger charge is -2.25. The molecule has 0 saturated carbocycles. The quantitative estimate of drug-likeness (QED) is 0.855. The summed E-state index contributed by atoms with van der Waals surface area (Å²) < 4.78 is 48.8. The molecule has 21 heavy (non-hydrogen) atoms. The minimum absolute atomic E-state index is 0.116. The van der Waals surface area contributed by atoms with Crippen molar-refractivity contribution in [3.8, 4) is 0 Å². The summed E-state index contributed by atoms with van der Waals surface area (Å²) in [6, 6.07) is 0.890. The van der Waals surface area contributed by atoms with Gasteiger partial charge in [-0.05, 0) is 26.8 Å². The number of nitrogens with zero attached hydrogens (tertiary/aromatic N) is 2. The molecule has 1 heterocycles. The van der Waals surface area contributed by atoms with Crippen LogP contribution in [-0.4, -0.2) is 42.8 Å². The van der Waals surface area contributed by atoms with Crippen LogP contribution in [-0.2, 0) is 16.6 Å². The van der Waals surface area contributed by atoms with Crippen LogP contribution in [0.4, 0.5) is 8.78 Å². The number of carbonyl (C=O) groups excluding carboxylic acids is 1. The van der Waals surface area contributed by atoms with Gasteiger partial charge in [0.25, 0.3) is 12.3 Å². The number of rotatable bonds is 6. The fourth-order valence-electron chi connectivity index (χ4n) is 2.01. The number of primary sulfonamides is 1. The Balaban J connectivity index is 3.32. The summed E-state index contributed by atoms with van der Waals surface area (Å²) >= 11 is 0. The predicted molar refractivity (Wildman–Crippen MR) is 73.7 cm³/mol. The Morgan fingerprint density at radius 1 is 1.43 bits per heavy atom. The van der Waals surface area contributed by atoms with E-state index in [1.807, 2.05) is 0 Å². The third-order valence-electron chi connectivity index (χ3n) is 2.98. The van der Waals surface area contributed by atoms with E-state index in [9.17, 15) is 22.0 Å². The van der Waals surface area contributed by atoms with Crippen molar-refractivity contribution in [2.75, 3.05) is 6.54 Å². The first kappa shape index (κ1) is 17.6. The first-order chi connectivity index (χ1) is 9.57. The number of amides is 1. The van der Waals surface area contributed by atoms with Crippen LogP contribution in [0.15, 0.2) is 17.2 Å². The number of nitrogens with two attached hydrogens (primary N) is 1. The Kier molecular flexibility index (Phi) is 5.46. The van der Waals surface area contributed by atoms with Crippen LogP contribution in [0.3, 0.4) is 0 Å². The van der Waals surface area contributed by atoms with Gasteiger partial charge in [-0.2, -0.15) is 0 Å². The first-order valence-corrected chi connectivity index (χ1v) is 7.94. The molecule has 1 aromatic rings. The zero-order valence-corrected chi connectivity index (χ0v) is 12.9. The van der Waals surface area contributed by atoms with Crippen LogP contribution >= 0.6 is 0 Å². The SMILES string of the molecule is CCN(C(=O)c1cc(S(N)(=O)=O)cn1CC(F)F)C(C)C. The molecule has 0 fully saturated rings. The summed E-state index contributed by atoms with van der Waals surface area (Å²) in [4.78, 5) is 13.5. The molecule has 0 saturated heterocycles. The molecule has 1 aromatic heterocycles. The van der Waals surface area contributed by atoms with E-state index in [1.165, 1.54) is 4.90 Å². The van der Waals surface area contributed by atoms with Crippen LogP contribution in [0.5, 0.6) is 0 Å². The second-order valence-electron chi connectivity index (χ2n) is 4.83. The second kappa shape index (κ2) is 6.52. The number of sulfonamides is 1. The van der Waals surface area contributed by atoms with Crippen LogP contribution in [0.2, 0.25) is 0 Å². The van der Waals surface area contributed by atoms with Gasteiger partial charge in [0.05, 0.1) is 6.54 Å². The lowest BCUT2D eigenvalue weighted by atomic mass is 10.2. The number of carbonyl (C=O) groups is 1. The summed E-state index contributed by atoms with van der Waals surface area (Å²) in [7, 11) is -4.06. The van der Waals surface area contributed by atoms with Gasteiger partial charge in [0, 0.05) is 18.8 Å². The summed E-state index contributed by atoms with van der Waals surface area (Å²) in [5.41, 5.74) is -0.116. The van der Waals surface area contributed by atoms with Gasteiger partial charge < -0.3 is 9.47 Å². The molecule has 1 rings (SSSR count). The van der Waals surface area contributed by atoms with E-state index >= 15 is 0 Å². The molecule has 2 N–H and O–H groups in total. The largest absolute Gasteiger partial charge is 0.336 e. The van der Waals surface area contributed by atoms with Gasteiger partial charge in [-0.15, -0.1) is 0 Å². The van der Waals surface area contributed by atoms with E-state index in [4.69, 9.17) is 5.14 Å². The third kappa shape index (κ3) is 4.24. The average molecular weight is 323 g/mol. The zero-order chi connectivity index (χ0) is 16.4. The van der Waals surface area contributed by atoms with Crippen molar-refractivity contribution in [3.05, 3.63) is 18.0 Å². The Hall–Kier alpha value is -1.48. The van der Waals surface area contributed by atoms with Crippen LogP contribution in [0, 0.1) is 0 Å². The molecule has 0 unspecified atom stereocenters. The van der Waals surface area contributed by atoms with Crippen molar-refractivity contribution < 1.29 is 22.0 Å². The number of halogens is 2. The van der Waals surface area contributed by atoms with Crippen molar-refractivity contribution in [2.24, 2.45) is 5.14 Å². The lowest BCUT2D eigenvalue weighted by Crippen LogP contribution is -2.38. The lowest BCUT2D eigenvalue weighted by molar-refractivity contribution is 0.0696. The number of alkyl halides is 2. The standard InChI is InChI=1S/C12H19F2N3O3S/c1-4-17(8(2)3)12(18)10-5-9(21(15,19)20)6-16(10)7-11(13)14/h5-6,8,11H,4,7H2,1-3H3,(H2,15,19,20). The monoisotopic (exact) mass is 323 g/mol. The van der Waals surface area contributed by atoms with E-state index in [0.29, 0.717) is 6.54 Å². The van der Waals surface area contributed by atoms with Crippen molar-refractivity contribution in [1.82, 2.24) is 9.47 Å². The van der Waals surface area contributed by atoms with E-state index in [2.05, 4.69) is 0 Å². The van der Waals surface area contributed by atoms with Crippen molar-refractivity contribution in [1.29, 1.82) is 0 Å². The Morgan fingerprint density at radius 2 is 2.00 bits per heavy atom. The highest BCUT2D eigenvalue weighted by molar-refractivity contribution is 7.89. The van der Waals surface area contributed by atoms with Gasteiger partial charge in [-0.25, -0.2) is 22.3 Å². The molecule has 9 heteroatoms. The summed E-state index contributed by atoms with van der Waals surface area (Å²) in [6.45, 7) is 4.91. The number of hydrogen-bond donors (Lipinski definition) is 1. The van der Waals surface area contributed by atoms with Gasteiger partial charge in [-0.1, -0.05) is 0 Å². The minimum atomic E-state index is -4.06. The Morgan fingerprint density at radius 3 is 2.38 bits per heavy atom. The molecule has 0 aromatic carbocycles. The Bertz CT molecular complexity index is 611. The molecule has 0 radical (unpaired) electrons. The molecule has 0 spiro atoms. The molecule has 120 valence electrons. The molecule has 1 amide bonds. The second-order valence-corrected chi connectivity index (χ2v) is 6.40. The maximum absolute atomic E-state index is 12.6. The molecule has 0 aliphatic rings. The van der Waals surface area contributed by atoms with Crippen LogP contribution in [0.25, 0.3) is 0 Å². The smallest absolute Gasteiger partial charge is 0.270 e. The highest BCUT2D eigenvalue weighted by Gasteiger charge is 2.25. The highest BCUT2D eigenvalue weighted by atomic mass is 32.2. The van der Waals surface area contributed by atoms with Gasteiger partial charge in [0.2, 0.25) is 10.0 Å². The summed E-state index contributed by atoms with van der Waals surface area (Å²) in [5.74, 6) is -0.511. The van der Waals surface area contributed by atoms with Gasteiger partial charge >= 0.3 is 0 Å². The van der Waals surface area contributed by atoms with E-state index in [0.717, 1.165) is 16.8 Å². The van der Waals surface area contributed by atoms with E-state index < -0.39 is 28.9 Å². The maximum Gasteiger partial charge on any atom is 0.270 e. The Labute approximate surface area is 122 Å². The van der Waals surface area contributed by atoms with Crippen LogP contribution < -0.4 is 5.14 Å². The van der Waals surface area contributed by atoms with E-state index in [-0.39, 0.29) is 16.6 Å². The molecule has 0 aliphatic carbocycles. The molecular formula is C12H19F2N3O3S. The highest BCUT2D eigenvalue weighted by Crippen LogP contribution is 2.17. The number of aromatic nitrogens is 1. The van der Waals surface area contributed by atoms with Crippen LogP contribution in [0.1, 0.15) is 31.3 Å². The normalized spacial score (nSPS) is 12.2. The molecule has 6 nitrogen and oxygen atoms in total. The van der Waals surface area contributed by atoms with Gasteiger partial charge in [0.1, 0.15) is 10.6 Å². The topological polar surface area (TPSA) is 85.4 Å². The zero-order valence-electron chi connectivity index (χ0n) is 12.1. The van der Waals surface area contributed by atoms with Gasteiger partial charge in [-0.3, -0.25) is 4.79 Å². The number of hydrogen-bond acceptors (Lipinski definition) is 3. The third-order valence-corrected chi connectivity index (χ3v) is 3.86. The average Bonchev–Trinajstić information content (AvgIpc) is 2.71. The first-order valence-electron chi connectivity index (χ1n) is 6.40. The minimum Gasteiger partial charge on any atom is -0.336 e. The van der Waals surface area contributed by atoms with E-state index in [1.54, 1.807) is 20.8 Å². The molecular weight excluding hydrogens is 304 g/mol. The fourth-order valence-corrected chi connectivity index (χ4v) is 2.56. The van der Waals surface area contributed by atoms with Crippen molar-refractivity contribution >= 4 is 15.9 Å². The summed E-state index contributed by atoms with van der Waals surface area (Å²) in [5, 5.41) is 4.98. The fraction of sp³-hybridized carbons (Fsp3) is 0.583. The van der Waals surface area contributed by atoms with Gasteiger partial charge in [0.15, 0.2) is 0 Å². The summed E-state index contributed by atoms with van der Waals surface area (Å²) in [6.07, 6.45) is -1.76. The molecule has 0 atom stereocenters. The predicted octanol–water partition coefficient (Wildman–Crippen LogP) is 1.27. The molecule has 0 aliphatic heterocycles. The maximum atomic E-state index is 12.6.